The number of hydrogen-bond donors (Lipinski definition) is 2. The molecule has 0 atom stereocenters. The van der Waals surface area contributed by atoms with Gasteiger partial charge in [0.2, 0.25) is 0 Å². The van der Waals surface area contributed by atoms with Crippen molar-refractivity contribution in [2.24, 2.45) is 0 Å². The molecule has 0 saturated heterocycles. The number of aromatic amines is 1. The number of rotatable bonds is 4. The van der Waals surface area contributed by atoms with Gasteiger partial charge in [-0.25, -0.2) is 0 Å². The number of carbonyl (C=O) groups is 2. The van der Waals surface area contributed by atoms with Crippen LogP contribution in [-0.4, -0.2) is 23.0 Å². The monoisotopic (exact) mass is 298 g/mol. The lowest BCUT2D eigenvalue weighted by Gasteiger charge is -2.09. The van der Waals surface area contributed by atoms with Crippen LogP contribution in [0.4, 0.5) is 18.9 Å². The van der Waals surface area contributed by atoms with Gasteiger partial charge in [0.15, 0.2) is 0 Å². The van der Waals surface area contributed by atoms with Crippen LogP contribution in [0.15, 0.2) is 42.6 Å². The average Bonchev–Trinajstić information content (AvgIpc) is 2.92. The molecule has 0 spiro atoms. The van der Waals surface area contributed by atoms with Gasteiger partial charge in [-0.05, 0) is 36.4 Å². The number of Topliss-reactive ketones (excluding diaryl/α,β-unsaturated/α-hetero) is 1. The molecule has 1 amide bonds. The highest BCUT2D eigenvalue weighted by Crippen LogP contribution is 2.23. The van der Waals surface area contributed by atoms with Gasteiger partial charge in [-0.3, -0.25) is 9.59 Å². The Morgan fingerprint density at radius 3 is 2.29 bits per heavy atom. The van der Waals surface area contributed by atoms with Crippen LogP contribution in [0.1, 0.15) is 10.5 Å². The molecular weight excluding hydrogens is 289 g/mol. The van der Waals surface area contributed by atoms with Crippen LogP contribution in [0.25, 0.3) is 0 Å². The number of hydrogen-bond acceptors (Lipinski definition) is 3. The molecule has 0 aliphatic carbocycles. The van der Waals surface area contributed by atoms with E-state index in [2.05, 4.69) is 15.0 Å². The molecule has 0 radical (unpaired) electrons. The number of ketones is 1. The number of anilines is 1. The molecule has 1 aromatic heterocycles. The van der Waals surface area contributed by atoms with E-state index in [1.807, 2.05) is 0 Å². The minimum absolute atomic E-state index is 0.115. The number of alkyl halides is 3. The number of ether oxygens (including phenoxy) is 1. The Labute approximate surface area is 116 Å². The predicted octanol–water partition coefficient (Wildman–Crippen LogP) is 2.73. The lowest BCUT2D eigenvalue weighted by molar-refractivity contribution is -0.274. The maximum atomic E-state index is 12.0. The molecule has 2 rings (SSSR count). The van der Waals surface area contributed by atoms with Gasteiger partial charge in [-0.15, -0.1) is 13.2 Å². The van der Waals surface area contributed by atoms with E-state index in [4.69, 9.17) is 0 Å². The van der Waals surface area contributed by atoms with Gasteiger partial charge in [-0.1, -0.05) is 0 Å². The van der Waals surface area contributed by atoms with E-state index >= 15 is 0 Å². The molecule has 2 aromatic rings. The maximum absolute atomic E-state index is 12.0. The number of amides is 1. The number of H-pyrrole nitrogens is 1. The predicted molar refractivity (Wildman–Crippen MR) is 66.9 cm³/mol. The highest BCUT2D eigenvalue weighted by Gasteiger charge is 2.31. The second kappa shape index (κ2) is 5.70. The normalized spacial score (nSPS) is 11.0. The zero-order valence-corrected chi connectivity index (χ0v) is 10.4. The quantitative estimate of drug-likeness (QED) is 0.673. The summed E-state index contributed by atoms with van der Waals surface area (Å²) in [6.07, 6.45) is -3.29. The minimum Gasteiger partial charge on any atom is -0.406 e. The maximum Gasteiger partial charge on any atom is 0.573 e. The van der Waals surface area contributed by atoms with Crippen LogP contribution in [0.3, 0.4) is 0 Å². The fourth-order valence-electron chi connectivity index (χ4n) is 1.52. The zero-order valence-electron chi connectivity index (χ0n) is 10.4. The van der Waals surface area contributed by atoms with Crippen molar-refractivity contribution in [3.05, 3.63) is 48.3 Å². The Hall–Kier alpha value is -2.77. The smallest absolute Gasteiger partial charge is 0.406 e. The minimum atomic E-state index is -4.78. The van der Waals surface area contributed by atoms with Crippen LogP contribution in [0, 0.1) is 0 Å². The van der Waals surface area contributed by atoms with Crippen LogP contribution in [0.2, 0.25) is 0 Å². The van der Waals surface area contributed by atoms with E-state index in [1.165, 1.54) is 24.4 Å². The molecule has 0 saturated carbocycles. The number of nitrogens with one attached hydrogen (secondary N) is 2. The Kier molecular flexibility index (Phi) is 3.97. The number of carbonyl (C=O) groups excluding carboxylic acids is 2. The van der Waals surface area contributed by atoms with Crippen molar-refractivity contribution in [2.45, 2.75) is 6.36 Å². The number of benzene rings is 1. The lowest BCUT2D eigenvalue weighted by atomic mass is 10.2. The first kappa shape index (κ1) is 14.6. The summed E-state index contributed by atoms with van der Waals surface area (Å²) in [5.74, 6) is -2.10. The summed E-state index contributed by atoms with van der Waals surface area (Å²) in [6.45, 7) is 0. The van der Waals surface area contributed by atoms with Gasteiger partial charge in [-0.2, -0.15) is 0 Å². The average molecular weight is 298 g/mol. The van der Waals surface area contributed by atoms with Gasteiger partial charge in [0.05, 0.1) is 5.69 Å². The summed E-state index contributed by atoms with van der Waals surface area (Å²) in [6, 6.07) is 7.44. The van der Waals surface area contributed by atoms with Crippen molar-refractivity contribution in [3.8, 4) is 5.75 Å². The molecular formula is C13H9F3N2O3. The van der Waals surface area contributed by atoms with Crippen molar-refractivity contribution in [1.29, 1.82) is 0 Å². The molecule has 2 N–H and O–H groups in total. The number of halogens is 3. The summed E-state index contributed by atoms with van der Waals surface area (Å²) in [7, 11) is 0. The van der Waals surface area contributed by atoms with Crippen molar-refractivity contribution in [2.75, 3.05) is 5.32 Å². The lowest BCUT2D eigenvalue weighted by Crippen LogP contribution is -2.23. The summed E-state index contributed by atoms with van der Waals surface area (Å²) >= 11 is 0. The van der Waals surface area contributed by atoms with Gasteiger partial charge < -0.3 is 15.0 Å². The summed E-state index contributed by atoms with van der Waals surface area (Å²) in [5.41, 5.74) is 0.291. The van der Waals surface area contributed by atoms with Crippen LogP contribution >= 0.6 is 0 Å². The molecule has 110 valence electrons. The molecule has 5 nitrogen and oxygen atoms in total. The highest BCUT2D eigenvalue weighted by molar-refractivity contribution is 6.46. The van der Waals surface area contributed by atoms with Crippen molar-refractivity contribution in [3.63, 3.8) is 0 Å². The van der Waals surface area contributed by atoms with Crippen LogP contribution < -0.4 is 10.1 Å². The summed E-state index contributed by atoms with van der Waals surface area (Å²) in [5, 5.41) is 2.27. The standard InChI is InChI=1S/C13H9F3N2O3/c14-13(15,16)21-9-5-3-8(4-6-9)18-12(20)11(19)10-2-1-7-17-10/h1-7,17H,(H,18,20). The zero-order chi connectivity index (χ0) is 15.5. The molecule has 1 heterocycles. The number of aromatic nitrogens is 1. The first-order valence-corrected chi connectivity index (χ1v) is 5.70. The van der Waals surface area contributed by atoms with Crippen molar-refractivity contribution >= 4 is 17.4 Å². The molecule has 0 fully saturated rings. The van der Waals surface area contributed by atoms with Crippen LogP contribution in [-0.2, 0) is 4.79 Å². The van der Waals surface area contributed by atoms with E-state index in [0.29, 0.717) is 0 Å². The molecule has 0 bridgehead atoms. The SMILES string of the molecule is O=C(Nc1ccc(OC(F)(F)F)cc1)C(=O)c1ccc[nH]1. The van der Waals surface area contributed by atoms with Gasteiger partial charge in [0.1, 0.15) is 5.75 Å². The molecule has 0 aliphatic rings. The molecule has 8 heteroatoms. The Balaban J connectivity index is 2.00. The third-order valence-corrected chi connectivity index (χ3v) is 2.39. The molecule has 0 aliphatic heterocycles. The molecule has 21 heavy (non-hydrogen) atoms. The fourth-order valence-corrected chi connectivity index (χ4v) is 1.52. The van der Waals surface area contributed by atoms with Crippen LogP contribution in [0.5, 0.6) is 5.75 Å². The topological polar surface area (TPSA) is 71.2 Å². The first-order valence-electron chi connectivity index (χ1n) is 5.70. The van der Waals surface area contributed by atoms with Crippen molar-refractivity contribution < 1.29 is 27.5 Å². The first-order chi connectivity index (χ1) is 9.85. The summed E-state index contributed by atoms with van der Waals surface area (Å²) < 4.78 is 39.6. The third kappa shape index (κ3) is 4.10. The van der Waals surface area contributed by atoms with E-state index < -0.39 is 23.8 Å². The van der Waals surface area contributed by atoms with E-state index in [1.54, 1.807) is 6.07 Å². The summed E-state index contributed by atoms with van der Waals surface area (Å²) in [4.78, 5) is 25.9. The Bertz CT molecular complexity index is 634. The Morgan fingerprint density at radius 1 is 1.10 bits per heavy atom. The van der Waals surface area contributed by atoms with E-state index in [9.17, 15) is 22.8 Å². The van der Waals surface area contributed by atoms with Crippen molar-refractivity contribution in [1.82, 2.24) is 4.98 Å². The highest BCUT2D eigenvalue weighted by atomic mass is 19.4. The third-order valence-electron chi connectivity index (χ3n) is 2.39. The Morgan fingerprint density at radius 2 is 1.76 bits per heavy atom. The van der Waals surface area contributed by atoms with Gasteiger partial charge in [0, 0.05) is 11.9 Å². The largest absolute Gasteiger partial charge is 0.573 e. The fraction of sp³-hybridized carbons (Fsp3) is 0.0769. The molecule has 1 aromatic carbocycles. The van der Waals surface area contributed by atoms with Gasteiger partial charge >= 0.3 is 6.36 Å². The molecule has 0 unspecified atom stereocenters. The van der Waals surface area contributed by atoms with E-state index in [0.717, 1.165) is 12.1 Å². The second-order valence-corrected chi connectivity index (χ2v) is 3.94. The van der Waals surface area contributed by atoms with E-state index in [-0.39, 0.29) is 11.4 Å². The second-order valence-electron chi connectivity index (χ2n) is 3.94. The van der Waals surface area contributed by atoms with Gasteiger partial charge in [0.25, 0.3) is 11.7 Å².